The van der Waals surface area contributed by atoms with Crippen LogP contribution in [0.3, 0.4) is 0 Å². The first-order valence-corrected chi connectivity index (χ1v) is 12.1. The van der Waals surface area contributed by atoms with Crippen LogP contribution in [0.2, 0.25) is 0 Å². The van der Waals surface area contributed by atoms with Crippen molar-refractivity contribution in [3.05, 3.63) is 83.7 Å². The molecule has 4 aromatic rings. The standard InChI is InChI=1S/C25H26N2O3S/c1-25(2,28)21-7-5-4-6-20(21)18-11-14-22-23(16-18)27-24(26-22)15-10-17-8-12-19(13-9-17)31(3,29)30/h4-9,11-14,16,28H,10,15H2,1-3H3,(H,26,27). The van der Waals surface area contributed by atoms with Crippen LogP contribution in [0, 0.1) is 0 Å². The first-order valence-electron chi connectivity index (χ1n) is 10.2. The minimum absolute atomic E-state index is 0.332. The van der Waals surface area contributed by atoms with Crippen molar-refractivity contribution in [2.24, 2.45) is 0 Å². The van der Waals surface area contributed by atoms with Gasteiger partial charge in [0.1, 0.15) is 5.82 Å². The van der Waals surface area contributed by atoms with E-state index in [9.17, 15) is 13.5 Å². The minimum Gasteiger partial charge on any atom is -0.386 e. The zero-order valence-corrected chi connectivity index (χ0v) is 18.7. The molecule has 2 N–H and O–H groups in total. The summed E-state index contributed by atoms with van der Waals surface area (Å²) in [7, 11) is -3.18. The number of rotatable bonds is 6. The van der Waals surface area contributed by atoms with Gasteiger partial charge in [0.05, 0.1) is 21.5 Å². The maximum absolute atomic E-state index is 11.6. The molecule has 6 heteroatoms. The molecular formula is C25H26N2O3S. The Labute approximate surface area is 182 Å². The van der Waals surface area contributed by atoms with Gasteiger partial charge in [-0.3, -0.25) is 0 Å². The van der Waals surface area contributed by atoms with Gasteiger partial charge in [-0.15, -0.1) is 0 Å². The highest BCUT2D eigenvalue weighted by molar-refractivity contribution is 7.90. The van der Waals surface area contributed by atoms with E-state index >= 15 is 0 Å². The highest BCUT2D eigenvalue weighted by atomic mass is 32.2. The van der Waals surface area contributed by atoms with Crippen molar-refractivity contribution in [2.45, 2.75) is 37.2 Å². The number of H-pyrrole nitrogens is 1. The second-order valence-corrected chi connectivity index (χ2v) is 10.5. The number of imidazole rings is 1. The lowest BCUT2D eigenvalue weighted by Crippen LogP contribution is -2.16. The summed E-state index contributed by atoms with van der Waals surface area (Å²) in [6.07, 6.45) is 2.70. The number of aromatic amines is 1. The van der Waals surface area contributed by atoms with E-state index in [0.29, 0.717) is 4.90 Å². The van der Waals surface area contributed by atoms with Gasteiger partial charge < -0.3 is 10.1 Å². The van der Waals surface area contributed by atoms with Gasteiger partial charge in [0.2, 0.25) is 0 Å². The van der Waals surface area contributed by atoms with E-state index in [4.69, 9.17) is 0 Å². The summed E-state index contributed by atoms with van der Waals surface area (Å²) < 4.78 is 23.2. The minimum atomic E-state index is -3.18. The van der Waals surface area contributed by atoms with E-state index in [2.05, 4.69) is 16.0 Å². The fraction of sp³-hybridized carbons (Fsp3) is 0.240. The second kappa shape index (κ2) is 7.94. The van der Waals surface area contributed by atoms with Crippen LogP contribution in [0.25, 0.3) is 22.2 Å². The van der Waals surface area contributed by atoms with Crippen LogP contribution in [-0.2, 0) is 28.3 Å². The number of sulfone groups is 1. The van der Waals surface area contributed by atoms with E-state index in [0.717, 1.165) is 52.0 Å². The third kappa shape index (κ3) is 4.70. The van der Waals surface area contributed by atoms with E-state index in [1.54, 1.807) is 26.0 Å². The van der Waals surface area contributed by atoms with Crippen molar-refractivity contribution in [1.29, 1.82) is 0 Å². The van der Waals surface area contributed by atoms with Crippen molar-refractivity contribution in [1.82, 2.24) is 9.97 Å². The van der Waals surface area contributed by atoms with Crippen molar-refractivity contribution >= 4 is 20.9 Å². The molecule has 160 valence electrons. The lowest BCUT2D eigenvalue weighted by Gasteiger charge is -2.21. The van der Waals surface area contributed by atoms with E-state index in [1.807, 2.05) is 48.5 Å². The Morgan fingerprint density at radius 3 is 2.35 bits per heavy atom. The highest BCUT2D eigenvalue weighted by Crippen LogP contribution is 2.32. The molecule has 0 saturated carbocycles. The van der Waals surface area contributed by atoms with Gasteiger partial charge in [-0.05, 0) is 66.8 Å². The maximum atomic E-state index is 11.6. The molecule has 5 nitrogen and oxygen atoms in total. The number of nitrogens with one attached hydrogen (secondary N) is 1. The number of hydrogen-bond donors (Lipinski definition) is 2. The third-order valence-corrected chi connectivity index (χ3v) is 6.56. The molecule has 0 atom stereocenters. The van der Waals surface area contributed by atoms with Crippen LogP contribution in [-0.4, -0.2) is 29.7 Å². The van der Waals surface area contributed by atoms with E-state index in [-0.39, 0.29) is 0 Å². The smallest absolute Gasteiger partial charge is 0.175 e. The molecule has 0 unspecified atom stereocenters. The SMILES string of the molecule is CC(C)(O)c1ccccc1-c1ccc2nc(CCc3ccc(S(C)(=O)=O)cc3)[nH]c2c1. The summed E-state index contributed by atoms with van der Waals surface area (Å²) in [4.78, 5) is 8.42. The summed E-state index contributed by atoms with van der Waals surface area (Å²) in [6.45, 7) is 3.59. The Bertz CT molecular complexity index is 1330. The molecule has 31 heavy (non-hydrogen) atoms. The zero-order chi connectivity index (χ0) is 22.2. The van der Waals surface area contributed by atoms with E-state index < -0.39 is 15.4 Å². The van der Waals surface area contributed by atoms with Crippen molar-refractivity contribution in [3.8, 4) is 11.1 Å². The molecule has 3 aromatic carbocycles. The van der Waals surface area contributed by atoms with E-state index in [1.165, 1.54) is 6.26 Å². The fourth-order valence-corrected chi connectivity index (χ4v) is 4.41. The van der Waals surface area contributed by atoms with Crippen LogP contribution in [0.4, 0.5) is 0 Å². The lowest BCUT2D eigenvalue weighted by atomic mass is 9.89. The molecular weight excluding hydrogens is 408 g/mol. The number of aromatic nitrogens is 2. The number of nitrogens with zero attached hydrogens (tertiary/aromatic N) is 1. The topological polar surface area (TPSA) is 83.1 Å². The first-order chi connectivity index (χ1) is 14.6. The second-order valence-electron chi connectivity index (χ2n) is 8.44. The monoisotopic (exact) mass is 434 g/mol. The molecule has 0 saturated heterocycles. The number of aliphatic hydroxyl groups is 1. The van der Waals surface area contributed by atoms with Gasteiger partial charge in [0.25, 0.3) is 0 Å². The Kier molecular flexibility index (Phi) is 5.45. The summed E-state index contributed by atoms with van der Waals surface area (Å²) in [5, 5.41) is 10.5. The summed E-state index contributed by atoms with van der Waals surface area (Å²) in [5.41, 5.74) is 4.88. The predicted octanol–water partition coefficient (Wildman–Crippen LogP) is 4.65. The van der Waals surface area contributed by atoms with Crippen LogP contribution < -0.4 is 0 Å². The molecule has 4 rings (SSSR count). The van der Waals surface area contributed by atoms with Gasteiger partial charge in [-0.25, -0.2) is 13.4 Å². The van der Waals surface area contributed by atoms with Gasteiger partial charge in [0, 0.05) is 12.7 Å². The molecule has 0 spiro atoms. The summed E-state index contributed by atoms with van der Waals surface area (Å²) >= 11 is 0. The van der Waals surface area contributed by atoms with Crippen LogP contribution in [0.5, 0.6) is 0 Å². The Morgan fingerprint density at radius 1 is 0.968 bits per heavy atom. The normalized spacial score (nSPS) is 12.4. The average molecular weight is 435 g/mol. The largest absolute Gasteiger partial charge is 0.386 e. The molecule has 0 radical (unpaired) electrons. The number of aryl methyl sites for hydroxylation is 2. The zero-order valence-electron chi connectivity index (χ0n) is 17.9. The third-order valence-electron chi connectivity index (χ3n) is 5.43. The average Bonchev–Trinajstić information content (AvgIpc) is 3.13. The molecule has 0 aliphatic carbocycles. The summed E-state index contributed by atoms with van der Waals surface area (Å²) in [6, 6.07) is 21.0. The first kappa shape index (κ1) is 21.3. The van der Waals surface area contributed by atoms with Gasteiger partial charge in [0.15, 0.2) is 9.84 Å². The molecule has 0 aliphatic heterocycles. The van der Waals surface area contributed by atoms with Crippen LogP contribution in [0.15, 0.2) is 71.6 Å². The number of hydrogen-bond acceptors (Lipinski definition) is 4. The van der Waals surface area contributed by atoms with Crippen LogP contribution in [0.1, 0.15) is 30.8 Å². The Balaban J connectivity index is 1.56. The molecule has 0 fully saturated rings. The molecule has 0 bridgehead atoms. The lowest BCUT2D eigenvalue weighted by molar-refractivity contribution is 0.0792. The van der Waals surface area contributed by atoms with Crippen molar-refractivity contribution < 1.29 is 13.5 Å². The van der Waals surface area contributed by atoms with Crippen molar-refractivity contribution in [2.75, 3.05) is 6.26 Å². The molecule has 1 aromatic heterocycles. The predicted molar refractivity (Wildman–Crippen MR) is 124 cm³/mol. The number of benzene rings is 3. The van der Waals surface area contributed by atoms with Gasteiger partial charge in [-0.1, -0.05) is 42.5 Å². The molecule has 1 heterocycles. The van der Waals surface area contributed by atoms with Gasteiger partial charge >= 0.3 is 0 Å². The Morgan fingerprint density at radius 2 is 1.68 bits per heavy atom. The molecule has 0 amide bonds. The Hall–Kier alpha value is -2.96. The quantitative estimate of drug-likeness (QED) is 0.463. The maximum Gasteiger partial charge on any atom is 0.175 e. The number of fused-ring (bicyclic) bond motifs is 1. The highest BCUT2D eigenvalue weighted by Gasteiger charge is 2.20. The molecule has 0 aliphatic rings. The summed E-state index contributed by atoms with van der Waals surface area (Å²) in [5.74, 6) is 0.884. The van der Waals surface area contributed by atoms with Gasteiger partial charge in [-0.2, -0.15) is 0 Å². The van der Waals surface area contributed by atoms with Crippen molar-refractivity contribution in [3.63, 3.8) is 0 Å². The van der Waals surface area contributed by atoms with Crippen LogP contribution >= 0.6 is 0 Å². The fourth-order valence-electron chi connectivity index (χ4n) is 3.78.